The van der Waals surface area contributed by atoms with Crippen LogP contribution in [0.1, 0.15) is 60.8 Å². The second kappa shape index (κ2) is 4.19. The van der Waals surface area contributed by atoms with E-state index < -0.39 is 11.2 Å². The molecule has 0 amide bonds. The first-order valence-corrected chi connectivity index (χ1v) is 5.51. The second-order valence-electron chi connectivity index (χ2n) is 5.63. The lowest BCUT2D eigenvalue weighted by Gasteiger charge is -2.48. The molecule has 0 heterocycles. The van der Waals surface area contributed by atoms with Crippen molar-refractivity contribution in [2.24, 2.45) is 10.8 Å². The molecule has 0 spiro atoms. The number of aliphatic hydroxyl groups is 2. The fraction of sp³-hybridized carbons (Fsp3) is 1.00. The van der Waals surface area contributed by atoms with Crippen LogP contribution in [0.4, 0.5) is 0 Å². The first-order valence-electron chi connectivity index (χ1n) is 5.51. The Bertz CT molecular complexity index is 175. The van der Waals surface area contributed by atoms with Crippen LogP contribution < -0.4 is 0 Å². The molecule has 86 valence electrons. The molecular weight excluding hydrogens is 176 g/mol. The van der Waals surface area contributed by atoms with Gasteiger partial charge in [0.2, 0.25) is 0 Å². The smallest absolute Gasteiger partial charge is 0.165 e. The van der Waals surface area contributed by atoms with E-state index in [1.54, 1.807) is 0 Å². The topological polar surface area (TPSA) is 40.5 Å². The molecule has 0 saturated heterocycles. The summed E-state index contributed by atoms with van der Waals surface area (Å²) in [5.41, 5.74) is -0.573. The van der Waals surface area contributed by atoms with E-state index in [0.29, 0.717) is 0 Å². The first kappa shape index (κ1) is 13.9. The van der Waals surface area contributed by atoms with E-state index in [2.05, 4.69) is 20.8 Å². The zero-order valence-corrected chi connectivity index (χ0v) is 10.5. The van der Waals surface area contributed by atoms with E-state index in [-0.39, 0.29) is 5.41 Å². The molecule has 0 aromatic rings. The molecule has 0 aliphatic rings. The monoisotopic (exact) mass is 202 g/mol. The maximum Gasteiger partial charge on any atom is 0.165 e. The van der Waals surface area contributed by atoms with Crippen molar-refractivity contribution < 1.29 is 10.2 Å². The molecule has 0 aromatic carbocycles. The third-order valence-corrected chi connectivity index (χ3v) is 4.03. The lowest BCUT2D eigenvalue weighted by Crippen LogP contribution is -2.50. The lowest BCUT2D eigenvalue weighted by atomic mass is 9.61. The first-order chi connectivity index (χ1) is 6.06. The third-order valence-electron chi connectivity index (χ3n) is 4.03. The molecule has 0 atom stereocenters. The summed E-state index contributed by atoms with van der Waals surface area (Å²) in [6.45, 7) is 11.7. The summed E-state index contributed by atoms with van der Waals surface area (Å²) in [5.74, 6) is -1.62. The minimum absolute atomic E-state index is 0.0682. The molecule has 0 bridgehead atoms. The van der Waals surface area contributed by atoms with Gasteiger partial charge in [0.05, 0.1) is 0 Å². The summed E-state index contributed by atoms with van der Waals surface area (Å²) >= 11 is 0. The van der Waals surface area contributed by atoms with Crippen LogP contribution >= 0.6 is 0 Å². The van der Waals surface area contributed by atoms with E-state index in [9.17, 15) is 10.2 Å². The molecule has 2 heteroatoms. The fourth-order valence-electron chi connectivity index (χ4n) is 1.57. The molecule has 0 saturated carbocycles. The van der Waals surface area contributed by atoms with Crippen LogP contribution in [0.25, 0.3) is 0 Å². The van der Waals surface area contributed by atoms with Crippen molar-refractivity contribution in [1.82, 2.24) is 0 Å². The van der Waals surface area contributed by atoms with Crippen molar-refractivity contribution in [3.8, 4) is 0 Å². The van der Waals surface area contributed by atoms with Crippen LogP contribution in [0.5, 0.6) is 0 Å². The van der Waals surface area contributed by atoms with Gasteiger partial charge in [-0.15, -0.1) is 0 Å². The van der Waals surface area contributed by atoms with Crippen LogP contribution in [-0.4, -0.2) is 16.0 Å². The minimum atomic E-state index is -1.62. The van der Waals surface area contributed by atoms with Gasteiger partial charge in [-0.05, 0) is 18.8 Å². The Morgan fingerprint density at radius 3 is 1.64 bits per heavy atom. The van der Waals surface area contributed by atoms with Crippen molar-refractivity contribution in [1.29, 1.82) is 0 Å². The Balaban J connectivity index is 4.69. The van der Waals surface area contributed by atoms with Gasteiger partial charge in [-0.25, -0.2) is 0 Å². The maximum atomic E-state index is 9.74. The SMILES string of the molecule is CCCCC(C)(C)C(C)(C)C(C)(O)O. The highest BCUT2D eigenvalue weighted by Gasteiger charge is 2.48. The van der Waals surface area contributed by atoms with Crippen LogP contribution in [0, 0.1) is 10.8 Å². The number of unbranched alkanes of at least 4 members (excludes halogenated alkanes) is 1. The molecule has 14 heavy (non-hydrogen) atoms. The standard InChI is InChI=1S/C12H26O2/c1-7-8-9-10(2,3)11(4,5)12(6,13)14/h13-14H,7-9H2,1-6H3. The fourth-order valence-corrected chi connectivity index (χ4v) is 1.57. The minimum Gasteiger partial charge on any atom is -0.365 e. The molecule has 2 N–H and O–H groups in total. The van der Waals surface area contributed by atoms with E-state index in [4.69, 9.17) is 0 Å². The molecule has 0 aliphatic heterocycles. The van der Waals surface area contributed by atoms with Crippen LogP contribution in [-0.2, 0) is 0 Å². The molecular formula is C12H26O2. The molecule has 0 unspecified atom stereocenters. The van der Waals surface area contributed by atoms with Crippen LogP contribution in [0.15, 0.2) is 0 Å². The number of rotatable bonds is 5. The number of hydrogen-bond acceptors (Lipinski definition) is 2. The molecule has 0 radical (unpaired) electrons. The van der Waals surface area contributed by atoms with Gasteiger partial charge in [0.15, 0.2) is 5.79 Å². The Hall–Kier alpha value is -0.0800. The van der Waals surface area contributed by atoms with Crippen LogP contribution in [0.3, 0.4) is 0 Å². The highest BCUT2D eigenvalue weighted by Crippen LogP contribution is 2.48. The summed E-state index contributed by atoms with van der Waals surface area (Å²) in [6.07, 6.45) is 3.30. The van der Waals surface area contributed by atoms with Gasteiger partial charge in [0.25, 0.3) is 0 Å². The summed E-state index contributed by atoms with van der Waals surface area (Å²) in [7, 11) is 0. The van der Waals surface area contributed by atoms with E-state index in [0.717, 1.165) is 19.3 Å². The third kappa shape index (κ3) is 2.71. The predicted molar refractivity (Wildman–Crippen MR) is 59.9 cm³/mol. The molecule has 0 rings (SSSR count). The van der Waals surface area contributed by atoms with Crippen molar-refractivity contribution in [2.45, 2.75) is 66.6 Å². The van der Waals surface area contributed by atoms with Gasteiger partial charge < -0.3 is 10.2 Å². The van der Waals surface area contributed by atoms with Crippen molar-refractivity contribution in [2.75, 3.05) is 0 Å². The van der Waals surface area contributed by atoms with Gasteiger partial charge >= 0.3 is 0 Å². The Kier molecular flexibility index (Phi) is 4.17. The van der Waals surface area contributed by atoms with Crippen molar-refractivity contribution in [3.63, 3.8) is 0 Å². The van der Waals surface area contributed by atoms with Crippen molar-refractivity contribution >= 4 is 0 Å². The Morgan fingerprint density at radius 1 is 0.929 bits per heavy atom. The van der Waals surface area contributed by atoms with Crippen LogP contribution in [0.2, 0.25) is 0 Å². The average Bonchev–Trinajstić information content (AvgIpc) is 1.98. The normalized spacial score (nSPS) is 14.6. The highest BCUT2D eigenvalue weighted by molar-refractivity contribution is 4.93. The average molecular weight is 202 g/mol. The summed E-state index contributed by atoms with van der Waals surface area (Å²) in [6, 6.07) is 0. The summed E-state index contributed by atoms with van der Waals surface area (Å²) < 4.78 is 0. The summed E-state index contributed by atoms with van der Waals surface area (Å²) in [5, 5.41) is 19.5. The quantitative estimate of drug-likeness (QED) is 0.673. The highest BCUT2D eigenvalue weighted by atomic mass is 16.5. The van der Waals surface area contributed by atoms with E-state index in [1.165, 1.54) is 6.92 Å². The van der Waals surface area contributed by atoms with Gasteiger partial charge in [-0.3, -0.25) is 0 Å². The predicted octanol–water partition coefficient (Wildman–Crippen LogP) is 2.93. The zero-order chi connectivity index (χ0) is 11.6. The Morgan fingerprint density at radius 2 is 1.36 bits per heavy atom. The van der Waals surface area contributed by atoms with Gasteiger partial charge in [0.1, 0.15) is 0 Å². The van der Waals surface area contributed by atoms with Gasteiger partial charge in [-0.1, -0.05) is 47.5 Å². The lowest BCUT2D eigenvalue weighted by molar-refractivity contribution is -0.252. The molecule has 2 nitrogen and oxygen atoms in total. The molecule has 0 fully saturated rings. The molecule has 0 aromatic heterocycles. The Labute approximate surface area is 88.3 Å². The second-order valence-corrected chi connectivity index (χ2v) is 5.63. The molecule has 0 aliphatic carbocycles. The zero-order valence-electron chi connectivity index (χ0n) is 10.5. The van der Waals surface area contributed by atoms with Crippen molar-refractivity contribution in [3.05, 3.63) is 0 Å². The number of hydrogen-bond donors (Lipinski definition) is 2. The van der Waals surface area contributed by atoms with E-state index >= 15 is 0 Å². The van der Waals surface area contributed by atoms with E-state index in [1.807, 2.05) is 13.8 Å². The maximum absolute atomic E-state index is 9.74. The van der Waals surface area contributed by atoms with Gasteiger partial charge in [-0.2, -0.15) is 0 Å². The largest absolute Gasteiger partial charge is 0.365 e. The summed E-state index contributed by atoms with van der Waals surface area (Å²) in [4.78, 5) is 0. The van der Waals surface area contributed by atoms with Gasteiger partial charge in [0, 0.05) is 5.41 Å².